The van der Waals surface area contributed by atoms with Crippen LogP contribution in [0.3, 0.4) is 0 Å². The molecular weight excluding hydrogens is 257 g/mol. The number of halogens is 3. The smallest absolute Gasteiger partial charge is 0.388 e. The van der Waals surface area contributed by atoms with Crippen molar-refractivity contribution in [3.8, 4) is 0 Å². The summed E-state index contributed by atoms with van der Waals surface area (Å²) in [6.07, 6.45) is -0.520. The fourth-order valence-corrected chi connectivity index (χ4v) is 1.78. The van der Waals surface area contributed by atoms with Gasteiger partial charge in [-0.2, -0.15) is 13.2 Å². The molecule has 2 heterocycles. The summed E-state index contributed by atoms with van der Waals surface area (Å²) in [5.41, 5.74) is -0.365. The van der Waals surface area contributed by atoms with E-state index >= 15 is 0 Å². The minimum absolute atomic E-state index is 0.0806. The summed E-state index contributed by atoms with van der Waals surface area (Å²) in [5, 5.41) is 9.96. The Morgan fingerprint density at radius 1 is 1.05 bits per heavy atom. The molecule has 6 heteroatoms. The highest BCUT2D eigenvalue weighted by Crippen LogP contribution is 2.34. The van der Waals surface area contributed by atoms with Gasteiger partial charge in [-0.15, -0.1) is 0 Å². The molecule has 0 bridgehead atoms. The van der Waals surface area contributed by atoms with Crippen LogP contribution in [0, 0.1) is 0 Å². The second kappa shape index (κ2) is 5.36. The lowest BCUT2D eigenvalue weighted by molar-refractivity contribution is -0.139. The zero-order valence-electron chi connectivity index (χ0n) is 9.80. The summed E-state index contributed by atoms with van der Waals surface area (Å²) in [7, 11) is 0. The molecule has 1 atom stereocenters. The van der Waals surface area contributed by atoms with Gasteiger partial charge in [0, 0.05) is 36.8 Å². The van der Waals surface area contributed by atoms with Crippen molar-refractivity contribution in [2.45, 2.75) is 18.7 Å². The molecular formula is C13H11F3N2O. The van der Waals surface area contributed by atoms with Crippen LogP contribution in [0.25, 0.3) is 0 Å². The first kappa shape index (κ1) is 13.5. The Labute approximate surface area is 107 Å². The van der Waals surface area contributed by atoms with Gasteiger partial charge in [0.2, 0.25) is 0 Å². The van der Waals surface area contributed by atoms with Crippen LogP contribution in [-0.4, -0.2) is 15.1 Å². The fourth-order valence-electron chi connectivity index (χ4n) is 1.78. The lowest BCUT2D eigenvalue weighted by Crippen LogP contribution is -2.13. The molecule has 0 aliphatic heterocycles. The number of aliphatic hydroxyl groups is 1. The Morgan fingerprint density at radius 3 is 2.32 bits per heavy atom. The molecule has 0 amide bonds. The molecule has 0 aliphatic rings. The highest BCUT2D eigenvalue weighted by Gasteiger charge is 2.34. The Bertz CT molecular complexity index is 543. The minimum atomic E-state index is -4.50. The van der Waals surface area contributed by atoms with Crippen molar-refractivity contribution in [3.63, 3.8) is 0 Å². The van der Waals surface area contributed by atoms with Gasteiger partial charge in [0.1, 0.15) is 0 Å². The lowest BCUT2D eigenvalue weighted by Gasteiger charge is -2.16. The first-order chi connectivity index (χ1) is 8.98. The van der Waals surface area contributed by atoms with E-state index in [2.05, 4.69) is 9.97 Å². The average molecular weight is 268 g/mol. The zero-order valence-corrected chi connectivity index (χ0v) is 9.80. The molecule has 0 spiro atoms. The van der Waals surface area contributed by atoms with Gasteiger partial charge in [0.25, 0.3) is 0 Å². The quantitative estimate of drug-likeness (QED) is 0.931. The highest BCUT2D eigenvalue weighted by atomic mass is 19.4. The van der Waals surface area contributed by atoms with E-state index in [4.69, 9.17) is 0 Å². The number of hydrogen-bond donors (Lipinski definition) is 1. The van der Waals surface area contributed by atoms with E-state index in [0.717, 1.165) is 18.5 Å². The number of aliphatic hydroxyl groups excluding tert-OH is 1. The average Bonchev–Trinajstić information content (AvgIpc) is 2.39. The minimum Gasteiger partial charge on any atom is -0.388 e. The summed E-state index contributed by atoms with van der Waals surface area (Å²) in [6.45, 7) is 0. The molecule has 2 rings (SSSR count). The Balaban J connectivity index is 2.27. The van der Waals surface area contributed by atoms with Crippen LogP contribution in [-0.2, 0) is 12.6 Å². The summed E-state index contributed by atoms with van der Waals surface area (Å²) >= 11 is 0. The van der Waals surface area contributed by atoms with Crippen molar-refractivity contribution in [1.82, 2.24) is 9.97 Å². The van der Waals surface area contributed by atoms with E-state index in [1.54, 1.807) is 12.1 Å². The van der Waals surface area contributed by atoms with Gasteiger partial charge in [-0.25, -0.2) is 0 Å². The van der Waals surface area contributed by atoms with Crippen molar-refractivity contribution in [1.29, 1.82) is 0 Å². The Hall–Kier alpha value is -1.95. The lowest BCUT2D eigenvalue weighted by atomic mass is 9.99. The molecule has 0 radical (unpaired) electrons. The number of pyridine rings is 2. The second-order valence-corrected chi connectivity index (χ2v) is 4.04. The second-order valence-electron chi connectivity index (χ2n) is 4.04. The number of nitrogens with zero attached hydrogens (tertiary/aromatic N) is 2. The molecule has 100 valence electrons. The molecule has 1 N–H and O–H groups in total. The zero-order chi connectivity index (χ0) is 13.9. The van der Waals surface area contributed by atoms with E-state index in [-0.39, 0.29) is 12.0 Å². The molecule has 0 saturated carbocycles. The van der Waals surface area contributed by atoms with Crippen LogP contribution in [0.1, 0.15) is 22.8 Å². The summed E-state index contributed by atoms with van der Waals surface area (Å²) in [6, 6.07) is 4.16. The van der Waals surface area contributed by atoms with Gasteiger partial charge in [-0.05, 0) is 23.8 Å². The maximum absolute atomic E-state index is 12.8. The monoisotopic (exact) mass is 268 g/mol. The van der Waals surface area contributed by atoms with Crippen LogP contribution in [0.4, 0.5) is 13.2 Å². The van der Waals surface area contributed by atoms with Crippen molar-refractivity contribution in [2.24, 2.45) is 0 Å². The van der Waals surface area contributed by atoms with E-state index in [0.29, 0.717) is 5.56 Å². The van der Waals surface area contributed by atoms with E-state index in [1.807, 2.05) is 0 Å². The third-order valence-electron chi connectivity index (χ3n) is 2.69. The Kier molecular flexibility index (Phi) is 3.80. The first-order valence-corrected chi connectivity index (χ1v) is 5.56. The fraction of sp³-hybridized carbons (Fsp3) is 0.231. The van der Waals surface area contributed by atoms with Gasteiger partial charge in [0.15, 0.2) is 0 Å². The topological polar surface area (TPSA) is 46.0 Å². The molecule has 0 aromatic carbocycles. The van der Waals surface area contributed by atoms with Crippen molar-refractivity contribution < 1.29 is 18.3 Å². The van der Waals surface area contributed by atoms with Gasteiger partial charge >= 0.3 is 6.18 Å². The Morgan fingerprint density at radius 2 is 1.68 bits per heavy atom. The maximum atomic E-state index is 12.8. The van der Waals surface area contributed by atoms with Crippen molar-refractivity contribution in [2.75, 3.05) is 0 Å². The molecule has 2 aromatic rings. The number of alkyl halides is 3. The van der Waals surface area contributed by atoms with Gasteiger partial charge < -0.3 is 5.11 Å². The third kappa shape index (κ3) is 3.29. The van der Waals surface area contributed by atoms with Crippen molar-refractivity contribution in [3.05, 3.63) is 59.7 Å². The first-order valence-electron chi connectivity index (χ1n) is 5.56. The summed E-state index contributed by atoms with van der Waals surface area (Å²) < 4.78 is 38.4. The molecule has 0 aliphatic carbocycles. The molecule has 0 fully saturated rings. The van der Waals surface area contributed by atoms with Crippen LogP contribution in [0.5, 0.6) is 0 Å². The van der Waals surface area contributed by atoms with Gasteiger partial charge in [-0.3, -0.25) is 9.97 Å². The summed E-state index contributed by atoms with van der Waals surface area (Å²) in [5.74, 6) is 0. The molecule has 2 aromatic heterocycles. The summed E-state index contributed by atoms with van der Waals surface area (Å²) in [4.78, 5) is 7.46. The van der Waals surface area contributed by atoms with Crippen LogP contribution >= 0.6 is 0 Å². The highest BCUT2D eigenvalue weighted by molar-refractivity contribution is 5.29. The predicted molar refractivity (Wildman–Crippen MR) is 62.1 cm³/mol. The largest absolute Gasteiger partial charge is 0.416 e. The number of hydrogen-bond acceptors (Lipinski definition) is 3. The van der Waals surface area contributed by atoms with E-state index < -0.39 is 17.8 Å². The normalized spacial score (nSPS) is 13.3. The molecule has 1 unspecified atom stereocenters. The van der Waals surface area contributed by atoms with Gasteiger partial charge in [0.05, 0.1) is 11.7 Å². The predicted octanol–water partition coefficient (Wildman–Crippen LogP) is 2.77. The molecule has 19 heavy (non-hydrogen) atoms. The standard InChI is InChI=1S/C13H11F3N2O/c14-13(15,16)11-3-6-18-8-10(11)12(19)7-9-1-4-17-5-2-9/h1-6,8,12,19H,7H2. The maximum Gasteiger partial charge on any atom is 0.416 e. The van der Waals surface area contributed by atoms with E-state index in [9.17, 15) is 18.3 Å². The van der Waals surface area contributed by atoms with Crippen LogP contribution in [0.2, 0.25) is 0 Å². The van der Waals surface area contributed by atoms with Crippen LogP contribution in [0.15, 0.2) is 43.0 Å². The molecule has 3 nitrogen and oxygen atoms in total. The molecule has 0 saturated heterocycles. The third-order valence-corrected chi connectivity index (χ3v) is 2.69. The SMILES string of the molecule is OC(Cc1ccncc1)c1cnccc1C(F)(F)F. The van der Waals surface area contributed by atoms with Gasteiger partial charge in [-0.1, -0.05) is 0 Å². The number of aromatic nitrogens is 2. The van der Waals surface area contributed by atoms with Crippen molar-refractivity contribution >= 4 is 0 Å². The van der Waals surface area contributed by atoms with Crippen LogP contribution < -0.4 is 0 Å². The number of rotatable bonds is 3. The van der Waals surface area contributed by atoms with E-state index in [1.165, 1.54) is 12.4 Å².